The Hall–Kier alpha value is -3.32. The molecule has 2 N–H and O–H groups in total. The summed E-state index contributed by atoms with van der Waals surface area (Å²) in [4.78, 5) is 11.7. The molecule has 0 radical (unpaired) electrons. The average molecular weight is 527 g/mol. The maximum absolute atomic E-state index is 14.1. The summed E-state index contributed by atoms with van der Waals surface area (Å²) in [6.45, 7) is 0.585. The molecule has 1 aliphatic carbocycles. The number of carbonyl (C=O) groups excluding carboxylic acids is 1. The summed E-state index contributed by atoms with van der Waals surface area (Å²) in [5.74, 6) is -1.05. The fourth-order valence-corrected chi connectivity index (χ4v) is 5.40. The number of rotatable bonds is 8. The second kappa shape index (κ2) is 10.6. The fourth-order valence-electron chi connectivity index (χ4n) is 5.24. The van der Waals surface area contributed by atoms with Crippen LogP contribution >= 0.6 is 11.6 Å². The van der Waals surface area contributed by atoms with Gasteiger partial charge in [-0.15, -0.1) is 0 Å². The van der Waals surface area contributed by atoms with E-state index in [9.17, 15) is 13.6 Å². The monoisotopic (exact) mass is 526 g/mol. The maximum Gasteiger partial charge on any atom is 0.309 e. The van der Waals surface area contributed by atoms with Crippen molar-refractivity contribution < 1.29 is 23.0 Å². The van der Waals surface area contributed by atoms with E-state index in [4.69, 9.17) is 21.1 Å². The molecule has 0 amide bonds. The standard InChI is InChI=1S/C29H29ClF2N2O3/c1-36-28(35)12-18-6-8-19(9-7-18)16-29(33-25-14-23(31)24(32)15-26(25)34-29)22-11-10-21(30)13-27(22)37-17-20-4-2-3-5-20/h6-11,13-15,20,33-34H,2-5,12,16-17H2,1H3. The number of hydrogen-bond acceptors (Lipinski definition) is 5. The Morgan fingerprint density at radius 3 is 2.22 bits per heavy atom. The molecule has 2 aliphatic rings. The van der Waals surface area contributed by atoms with Gasteiger partial charge in [-0.2, -0.15) is 0 Å². The minimum atomic E-state index is -0.956. The first-order valence-corrected chi connectivity index (χ1v) is 12.9. The lowest BCUT2D eigenvalue weighted by atomic mass is 9.91. The van der Waals surface area contributed by atoms with E-state index in [1.807, 2.05) is 30.3 Å². The van der Waals surface area contributed by atoms with Crippen LogP contribution < -0.4 is 15.4 Å². The number of fused-ring (bicyclic) bond motifs is 1. The van der Waals surface area contributed by atoms with E-state index in [0.717, 1.165) is 41.7 Å². The number of hydrogen-bond donors (Lipinski definition) is 2. The number of benzene rings is 3. The highest BCUT2D eigenvalue weighted by Crippen LogP contribution is 2.46. The van der Waals surface area contributed by atoms with Gasteiger partial charge >= 0.3 is 5.97 Å². The van der Waals surface area contributed by atoms with Crippen molar-refractivity contribution in [2.45, 2.75) is 44.2 Å². The van der Waals surface area contributed by atoms with Gasteiger partial charge in [-0.05, 0) is 48.1 Å². The van der Waals surface area contributed by atoms with Gasteiger partial charge < -0.3 is 20.1 Å². The minimum absolute atomic E-state index is 0.179. The third-order valence-electron chi connectivity index (χ3n) is 7.18. The summed E-state index contributed by atoms with van der Waals surface area (Å²) >= 11 is 6.37. The van der Waals surface area contributed by atoms with Crippen LogP contribution in [0.2, 0.25) is 5.02 Å². The number of methoxy groups -OCH3 is 1. The van der Waals surface area contributed by atoms with Gasteiger partial charge in [0.1, 0.15) is 11.4 Å². The molecule has 5 nitrogen and oxygen atoms in total. The van der Waals surface area contributed by atoms with Gasteiger partial charge in [0.05, 0.1) is 31.5 Å². The predicted octanol–water partition coefficient (Wildman–Crippen LogP) is 6.84. The summed E-state index contributed by atoms with van der Waals surface area (Å²) < 4.78 is 39.4. The Bertz CT molecular complexity index is 1260. The van der Waals surface area contributed by atoms with E-state index >= 15 is 0 Å². The van der Waals surface area contributed by atoms with Crippen LogP contribution in [-0.4, -0.2) is 19.7 Å². The van der Waals surface area contributed by atoms with Crippen molar-refractivity contribution in [1.29, 1.82) is 0 Å². The number of nitrogens with one attached hydrogen (secondary N) is 2. The Balaban J connectivity index is 1.50. The van der Waals surface area contributed by atoms with Crippen molar-refractivity contribution in [1.82, 2.24) is 0 Å². The van der Waals surface area contributed by atoms with Crippen molar-refractivity contribution in [3.8, 4) is 5.75 Å². The van der Waals surface area contributed by atoms with Crippen molar-refractivity contribution >= 4 is 28.9 Å². The van der Waals surface area contributed by atoms with Gasteiger partial charge in [0.25, 0.3) is 0 Å². The molecule has 5 rings (SSSR count). The molecule has 1 heterocycles. The first kappa shape index (κ1) is 25.3. The summed E-state index contributed by atoms with van der Waals surface area (Å²) in [5, 5.41) is 7.36. The maximum atomic E-state index is 14.1. The molecule has 1 saturated carbocycles. The molecule has 1 fully saturated rings. The normalized spacial score (nSPS) is 16.1. The lowest BCUT2D eigenvalue weighted by molar-refractivity contribution is -0.139. The number of halogens is 3. The molecule has 0 spiro atoms. The molecule has 0 aromatic heterocycles. The quantitative estimate of drug-likeness (QED) is 0.315. The largest absolute Gasteiger partial charge is 0.493 e. The Morgan fingerprint density at radius 2 is 1.59 bits per heavy atom. The number of anilines is 2. The van der Waals surface area contributed by atoms with E-state index < -0.39 is 17.3 Å². The zero-order chi connectivity index (χ0) is 26.0. The number of esters is 1. The lowest BCUT2D eigenvalue weighted by Crippen LogP contribution is -2.41. The van der Waals surface area contributed by atoms with Crippen molar-refractivity contribution in [2.24, 2.45) is 5.92 Å². The van der Waals surface area contributed by atoms with Crippen LogP contribution in [-0.2, 0) is 28.0 Å². The second-order valence-electron chi connectivity index (χ2n) is 9.82. The van der Waals surface area contributed by atoms with Crippen LogP contribution in [0.15, 0.2) is 54.6 Å². The molecule has 194 valence electrons. The van der Waals surface area contributed by atoms with Crippen LogP contribution in [0, 0.1) is 17.6 Å². The molecule has 37 heavy (non-hydrogen) atoms. The van der Waals surface area contributed by atoms with Gasteiger partial charge in [0.2, 0.25) is 0 Å². The molecule has 3 aromatic carbocycles. The molecule has 8 heteroatoms. The summed E-state index contributed by atoms with van der Waals surface area (Å²) in [6, 6.07) is 15.4. The molecule has 3 aromatic rings. The van der Waals surface area contributed by atoms with E-state index in [0.29, 0.717) is 41.1 Å². The Morgan fingerprint density at radius 1 is 0.973 bits per heavy atom. The van der Waals surface area contributed by atoms with Crippen LogP contribution in [0.1, 0.15) is 42.4 Å². The van der Waals surface area contributed by atoms with Gasteiger partial charge in [0, 0.05) is 29.1 Å². The smallest absolute Gasteiger partial charge is 0.309 e. The van der Waals surface area contributed by atoms with Crippen LogP contribution in [0.25, 0.3) is 0 Å². The van der Waals surface area contributed by atoms with E-state index in [2.05, 4.69) is 10.6 Å². The van der Waals surface area contributed by atoms with Gasteiger partial charge in [0.15, 0.2) is 11.6 Å². The minimum Gasteiger partial charge on any atom is -0.493 e. The lowest BCUT2D eigenvalue weighted by Gasteiger charge is -2.33. The molecular weight excluding hydrogens is 498 g/mol. The fraction of sp³-hybridized carbons (Fsp3) is 0.345. The Kier molecular flexibility index (Phi) is 7.24. The molecule has 1 aliphatic heterocycles. The topological polar surface area (TPSA) is 59.6 Å². The third-order valence-corrected chi connectivity index (χ3v) is 7.41. The highest BCUT2D eigenvalue weighted by Gasteiger charge is 2.41. The van der Waals surface area contributed by atoms with E-state index in [1.54, 1.807) is 12.1 Å². The van der Waals surface area contributed by atoms with Crippen molar-refractivity contribution in [2.75, 3.05) is 24.4 Å². The molecule has 0 bridgehead atoms. The van der Waals surface area contributed by atoms with Gasteiger partial charge in [-0.3, -0.25) is 4.79 Å². The Labute approximate surface area is 220 Å². The van der Waals surface area contributed by atoms with Crippen molar-refractivity contribution in [3.63, 3.8) is 0 Å². The molecule has 0 unspecified atom stereocenters. The average Bonchev–Trinajstić information content (AvgIpc) is 3.52. The summed E-state index contributed by atoms with van der Waals surface area (Å²) in [5.41, 5.74) is 2.51. The first-order chi connectivity index (χ1) is 17.8. The molecule has 0 atom stereocenters. The molecule has 0 saturated heterocycles. The SMILES string of the molecule is COC(=O)Cc1ccc(CC2(c3ccc(Cl)cc3OCC3CCCC3)Nc3cc(F)c(F)cc3N2)cc1. The third kappa shape index (κ3) is 5.52. The summed E-state index contributed by atoms with van der Waals surface area (Å²) in [6.07, 6.45) is 5.30. The zero-order valence-corrected chi connectivity index (χ0v) is 21.3. The van der Waals surface area contributed by atoms with E-state index in [1.165, 1.54) is 20.0 Å². The predicted molar refractivity (Wildman–Crippen MR) is 140 cm³/mol. The van der Waals surface area contributed by atoms with Crippen LogP contribution in [0.3, 0.4) is 0 Å². The summed E-state index contributed by atoms with van der Waals surface area (Å²) in [7, 11) is 1.36. The second-order valence-corrected chi connectivity index (χ2v) is 10.3. The number of ether oxygens (including phenoxy) is 2. The van der Waals surface area contributed by atoms with Gasteiger partial charge in [-0.25, -0.2) is 8.78 Å². The van der Waals surface area contributed by atoms with E-state index in [-0.39, 0.29) is 12.4 Å². The molecular formula is C29H29ClF2N2O3. The van der Waals surface area contributed by atoms with Crippen LogP contribution in [0.5, 0.6) is 5.75 Å². The highest BCUT2D eigenvalue weighted by atomic mass is 35.5. The van der Waals surface area contributed by atoms with Gasteiger partial charge in [-0.1, -0.05) is 48.7 Å². The van der Waals surface area contributed by atoms with Crippen LogP contribution in [0.4, 0.5) is 20.2 Å². The first-order valence-electron chi connectivity index (χ1n) is 12.5. The highest BCUT2D eigenvalue weighted by molar-refractivity contribution is 6.30. The number of carbonyl (C=O) groups is 1. The zero-order valence-electron chi connectivity index (χ0n) is 20.6. The van der Waals surface area contributed by atoms with Crippen molar-refractivity contribution in [3.05, 3.63) is 87.9 Å².